The van der Waals surface area contributed by atoms with Gasteiger partial charge in [0.1, 0.15) is 18.5 Å². The van der Waals surface area contributed by atoms with Gasteiger partial charge in [-0.2, -0.15) is 0 Å². The summed E-state index contributed by atoms with van der Waals surface area (Å²) in [6.45, 7) is 6.15. The summed E-state index contributed by atoms with van der Waals surface area (Å²) >= 11 is 0.646. The summed E-state index contributed by atoms with van der Waals surface area (Å²) in [5.41, 5.74) is 3.11. The van der Waals surface area contributed by atoms with Gasteiger partial charge in [0.15, 0.2) is 0 Å². The number of nitrogens with zero attached hydrogens (tertiary/aromatic N) is 1. The number of pyridine rings is 1. The highest BCUT2D eigenvalue weighted by molar-refractivity contribution is 8.16. The molecule has 1 fully saturated rings. The molecule has 1 aliphatic heterocycles. The minimum absolute atomic E-state index is 0.00140. The summed E-state index contributed by atoms with van der Waals surface area (Å²) in [5.74, 6) is -0.816. The minimum atomic E-state index is -1.70. The van der Waals surface area contributed by atoms with Crippen molar-refractivity contribution in [2.45, 2.75) is 57.5 Å². The number of ether oxygens (including phenoxy) is 3. The fraction of sp³-hybridized carbons (Fsp3) is 0.344. The van der Waals surface area contributed by atoms with E-state index in [0.29, 0.717) is 42.5 Å². The molecule has 3 aromatic rings. The molecule has 9 nitrogen and oxygen atoms in total. The highest BCUT2D eigenvalue weighted by Gasteiger charge is 2.55. The van der Waals surface area contributed by atoms with E-state index in [1.807, 2.05) is 63.2 Å². The molecule has 2 heterocycles. The molecule has 1 saturated heterocycles. The van der Waals surface area contributed by atoms with Crippen LogP contribution in [-0.2, 0) is 43.3 Å². The highest BCUT2D eigenvalue weighted by atomic mass is 32.2. The topological polar surface area (TPSA) is 121 Å². The standard InChI is InChI=1S/C32H34N2O7S/c1-21(2)17-28(35)41-22(3)25-11-12-26(33-19-25)15-16-39-27-13-9-23(10-14-27)18-32(29(36)34-31(38)42-32)30(37)40-20-24-7-5-4-6-8-24/h4-14,19,21-22H,15-18,20H2,1-3H3,(H,34,36,38). The van der Waals surface area contributed by atoms with Crippen molar-refractivity contribution in [3.8, 4) is 5.75 Å². The molecule has 4 rings (SSSR count). The average Bonchev–Trinajstić information content (AvgIpc) is 3.26. The number of hydrogen-bond acceptors (Lipinski definition) is 9. The number of amides is 2. The zero-order valence-corrected chi connectivity index (χ0v) is 24.6. The van der Waals surface area contributed by atoms with E-state index in [2.05, 4.69) is 10.3 Å². The smallest absolute Gasteiger partial charge is 0.333 e. The van der Waals surface area contributed by atoms with E-state index >= 15 is 0 Å². The third kappa shape index (κ3) is 8.19. The summed E-state index contributed by atoms with van der Waals surface area (Å²) in [7, 11) is 0. The van der Waals surface area contributed by atoms with Crippen LogP contribution in [0.1, 0.15) is 55.7 Å². The molecule has 0 saturated carbocycles. The molecular weight excluding hydrogens is 556 g/mol. The van der Waals surface area contributed by atoms with Crippen LogP contribution in [0.15, 0.2) is 72.9 Å². The van der Waals surface area contributed by atoms with Gasteiger partial charge < -0.3 is 14.2 Å². The molecule has 0 aliphatic carbocycles. The predicted molar refractivity (Wildman–Crippen MR) is 158 cm³/mol. The van der Waals surface area contributed by atoms with Crippen LogP contribution in [0.3, 0.4) is 0 Å². The fourth-order valence-corrected chi connectivity index (χ4v) is 5.31. The van der Waals surface area contributed by atoms with Gasteiger partial charge in [-0.1, -0.05) is 62.4 Å². The Hall–Kier alpha value is -4.18. The molecule has 1 aliphatic rings. The number of carbonyl (C=O) groups excluding carboxylic acids is 4. The van der Waals surface area contributed by atoms with Gasteiger partial charge in [-0.25, -0.2) is 4.79 Å². The van der Waals surface area contributed by atoms with Crippen LogP contribution in [0.25, 0.3) is 0 Å². The number of nitrogens with one attached hydrogen (secondary N) is 1. The summed E-state index contributed by atoms with van der Waals surface area (Å²) in [6, 6.07) is 19.9. The molecule has 2 atom stereocenters. The molecule has 2 amide bonds. The molecule has 42 heavy (non-hydrogen) atoms. The normalized spacial score (nSPS) is 17.0. The van der Waals surface area contributed by atoms with E-state index < -0.39 is 21.9 Å². The molecular formula is C32H34N2O7S. The van der Waals surface area contributed by atoms with Gasteiger partial charge in [-0.15, -0.1) is 0 Å². The number of hydrogen-bond donors (Lipinski definition) is 1. The van der Waals surface area contributed by atoms with Crippen LogP contribution in [0, 0.1) is 5.92 Å². The average molecular weight is 591 g/mol. The first-order chi connectivity index (χ1) is 20.1. The number of carbonyl (C=O) groups is 4. The van der Waals surface area contributed by atoms with E-state index in [9.17, 15) is 19.2 Å². The van der Waals surface area contributed by atoms with Crippen LogP contribution < -0.4 is 10.1 Å². The number of aromatic nitrogens is 1. The second-order valence-corrected chi connectivity index (χ2v) is 11.7. The van der Waals surface area contributed by atoms with Crippen molar-refractivity contribution in [3.63, 3.8) is 0 Å². The summed E-state index contributed by atoms with van der Waals surface area (Å²) in [4.78, 5) is 54.2. The second-order valence-electron chi connectivity index (χ2n) is 10.5. The molecule has 2 unspecified atom stereocenters. The van der Waals surface area contributed by atoms with Crippen molar-refractivity contribution in [1.29, 1.82) is 0 Å². The largest absolute Gasteiger partial charge is 0.493 e. The second kappa shape index (κ2) is 14.1. The Morgan fingerprint density at radius 1 is 0.952 bits per heavy atom. The van der Waals surface area contributed by atoms with E-state index in [-0.39, 0.29) is 31.0 Å². The fourth-order valence-electron chi connectivity index (χ4n) is 4.32. The number of imide groups is 1. The Morgan fingerprint density at radius 3 is 2.31 bits per heavy atom. The quantitative estimate of drug-likeness (QED) is 0.207. The zero-order chi connectivity index (χ0) is 30.1. The van der Waals surface area contributed by atoms with Gasteiger partial charge in [0.25, 0.3) is 11.1 Å². The summed E-state index contributed by atoms with van der Waals surface area (Å²) in [5, 5.41) is 1.63. The lowest BCUT2D eigenvalue weighted by molar-refractivity contribution is -0.151. The van der Waals surface area contributed by atoms with E-state index in [1.165, 1.54) is 0 Å². The summed E-state index contributed by atoms with van der Waals surface area (Å²) < 4.78 is 15.1. The van der Waals surface area contributed by atoms with E-state index in [0.717, 1.165) is 16.8 Å². The van der Waals surface area contributed by atoms with Crippen molar-refractivity contribution in [1.82, 2.24) is 10.3 Å². The van der Waals surface area contributed by atoms with Crippen LogP contribution in [-0.4, -0.2) is 39.4 Å². The lowest BCUT2D eigenvalue weighted by Gasteiger charge is -2.22. The predicted octanol–water partition coefficient (Wildman–Crippen LogP) is 5.36. The SMILES string of the molecule is CC(C)CC(=O)OC(C)c1ccc(CCOc2ccc(CC3(C(=O)OCc4ccccc4)SC(=O)NC3=O)cc2)nc1. The Labute approximate surface area is 249 Å². The molecule has 1 N–H and O–H groups in total. The monoisotopic (exact) mass is 590 g/mol. The molecule has 220 valence electrons. The lowest BCUT2D eigenvalue weighted by Crippen LogP contribution is -2.46. The maximum absolute atomic E-state index is 13.1. The minimum Gasteiger partial charge on any atom is -0.493 e. The van der Waals surface area contributed by atoms with Gasteiger partial charge in [0.05, 0.1) is 6.61 Å². The van der Waals surface area contributed by atoms with E-state index in [4.69, 9.17) is 14.2 Å². The number of benzene rings is 2. The number of esters is 2. The molecule has 0 spiro atoms. The first-order valence-corrected chi connectivity index (χ1v) is 14.6. The summed E-state index contributed by atoms with van der Waals surface area (Å²) in [6.07, 6.45) is 2.28. The van der Waals surface area contributed by atoms with Gasteiger partial charge in [0.2, 0.25) is 4.75 Å². The Bertz CT molecular complexity index is 1390. The van der Waals surface area contributed by atoms with Gasteiger partial charge in [-0.05, 0) is 53.9 Å². The van der Waals surface area contributed by atoms with Gasteiger partial charge >= 0.3 is 11.9 Å². The maximum atomic E-state index is 13.1. The van der Waals surface area contributed by atoms with Crippen molar-refractivity contribution < 1.29 is 33.4 Å². The Kier molecular flexibility index (Phi) is 10.4. The third-order valence-corrected chi connectivity index (χ3v) is 7.73. The van der Waals surface area contributed by atoms with Crippen LogP contribution in [0.5, 0.6) is 5.75 Å². The van der Waals surface area contributed by atoms with E-state index in [1.54, 1.807) is 30.5 Å². The van der Waals surface area contributed by atoms with Gasteiger partial charge in [0, 0.05) is 36.7 Å². The van der Waals surface area contributed by atoms with Crippen molar-refractivity contribution >= 4 is 34.8 Å². The number of thioether (sulfide) groups is 1. The molecule has 0 bridgehead atoms. The maximum Gasteiger partial charge on any atom is 0.333 e. The van der Waals surface area contributed by atoms with Crippen LogP contribution in [0.4, 0.5) is 4.79 Å². The van der Waals surface area contributed by atoms with Crippen LogP contribution >= 0.6 is 11.8 Å². The Balaban J connectivity index is 1.30. The molecule has 0 radical (unpaired) electrons. The third-order valence-electron chi connectivity index (χ3n) is 6.60. The first kappa shape index (κ1) is 30.8. The zero-order valence-electron chi connectivity index (χ0n) is 23.8. The van der Waals surface area contributed by atoms with Crippen molar-refractivity contribution in [2.24, 2.45) is 5.92 Å². The Morgan fingerprint density at radius 2 is 1.69 bits per heavy atom. The van der Waals surface area contributed by atoms with Crippen molar-refractivity contribution in [2.75, 3.05) is 6.61 Å². The van der Waals surface area contributed by atoms with Crippen molar-refractivity contribution in [3.05, 3.63) is 95.3 Å². The number of rotatable bonds is 13. The molecule has 2 aromatic carbocycles. The van der Waals surface area contributed by atoms with Gasteiger partial charge in [-0.3, -0.25) is 24.7 Å². The van der Waals surface area contributed by atoms with Crippen LogP contribution in [0.2, 0.25) is 0 Å². The molecule has 10 heteroatoms. The highest BCUT2D eigenvalue weighted by Crippen LogP contribution is 2.37. The molecule has 1 aromatic heterocycles. The first-order valence-electron chi connectivity index (χ1n) is 13.8. The lowest BCUT2D eigenvalue weighted by atomic mass is 9.97.